The van der Waals surface area contributed by atoms with Gasteiger partial charge in [-0.3, -0.25) is 0 Å². The maximum Gasteiger partial charge on any atom is 0.216 e. The van der Waals surface area contributed by atoms with Gasteiger partial charge in [0.25, 0.3) is 0 Å². The Kier molecular flexibility index (Phi) is 4.82. The zero-order valence-corrected chi connectivity index (χ0v) is 13.2. The molecule has 114 valence electrons. The average Bonchev–Trinajstić information content (AvgIpc) is 2.90. The average molecular weight is 300 g/mol. The van der Waals surface area contributed by atoms with Crippen LogP contribution in [0, 0.1) is 5.92 Å². The van der Waals surface area contributed by atoms with Crippen LogP contribution in [0.15, 0.2) is 12.4 Å². The minimum Gasteiger partial charge on any atom is -0.348 e. The minimum absolute atomic E-state index is 0.298. The van der Waals surface area contributed by atoms with Gasteiger partial charge in [-0.05, 0) is 26.2 Å². The Morgan fingerprint density at radius 3 is 2.85 bits per heavy atom. The topological polar surface area (TPSA) is 78.1 Å². The number of sulfonamides is 1. The van der Waals surface area contributed by atoms with Crippen molar-refractivity contribution >= 4 is 10.0 Å². The van der Waals surface area contributed by atoms with E-state index in [4.69, 9.17) is 0 Å². The zero-order valence-electron chi connectivity index (χ0n) is 12.3. The first-order chi connectivity index (χ1) is 9.41. The molecule has 1 aliphatic heterocycles. The van der Waals surface area contributed by atoms with Crippen molar-refractivity contribution in [2.45, 2.75) is 45.0 Å². The second-order valence-corrected chi connectivity index (χ2v) is 8.23. The Hall–Kier alpha value is -0.920. The lowest BCUT2D eigenvalue weighted by atomic mass is 9.95. The van der Waals surface area contributed by atoms with E-state index < -0.39 is 10.0 Å². The summed E-state index contributed by atoms with van der Waals surface area (Å²) in [5.41, 5.74) is 0. The van der Waals surface area contributed by atoms with Gasteiger partial charge in [0.15, 0.2) is 0 Å². The maximum absolute atomic E-state index is 12.2. The van der Waals surface area contributed by atoms with Crippen molar-refractivity contribution < 1.29 is 8.42 Å². The van der Waals surface area contributed by atoms with Crippen LogP contribution in [0.2, 0.25) is 0 Å². The summed E-state index contributed by atoms with van der Waals surface area (Å²) in [4.78, 5) is 7.24. The van der Waals surface area contributed by atoms with E-state index in [1.807, 2.05) is 0 Å². The summed E-state index contributed by atoms with van der Waals surface area (Å²) in [5, 5.41) is 3.11. The fourth-order valence-electron chi connectivity index (χ4n) is 2.56. The van der Waals surface area contributed by atoms with Crippen LogP contribution in [0.25, 0.3) is 0 Å². The highest BCUT2D eigenvalue weighted by molar-refractivity contribution is 7.89. The van der Waals surface area contributed by atoms with E-state index in [0.29, 0.717) is 31.6 Å². The summed E-state index contributed by atoms with van der Waals surface area (Å²) in [5.74, 6) is 1.21. The fraction of sp³-hybridized carbons (Fsp3) is 0.769. The molecule has 7 heteroatoms. The Bertz CT molecular complexity index is 512. The molecule has 0 amide bonds. The van der Waals surface area contributed by atoms with Crippen LogP contribution in [0.4, 0.5) is 0 Å². The summed E-state index contributed by atoms with van der Waals surface area (Å²) in [7, 11) is -3.13. The van der Waals surface area contributed by atoms with Crippen LogP contribution in [-0.4, -0.2) is 47.1 Å². The Morgan fingerprint density at radius 1 is 1.55 bits per heavy atom. The van der Waals surface area contributed by atoms with Crippen LogP contribution < -0.4 is 5.32 Å². The third kappa shape index (κ3) is 3.39. The number of nitrogens with one attached hydrogen (secondary N) is 2. The first kappa shape index (κ1) is 15.5. The predicted molar refractivity (Wildman–Crippen MR) is 78.6 cm³/mol. The summed E-state index contributed by atoms with van der Waals surface area (Å²) in [6, 6.07) is 0.332. The standard InChI is InChI=1S/C13H24N4O2S/c1-10(2)20(18,19)17-7-4-12(11(3)9-17)16-8-13-14-5-6-15-13/h5-6,10-12,16H,4,7-9H2,1-3H3,(H,14,15). The summed E-state index contributed by atoms with van der Waals surface area (Å²) in [6.45, 7) is 7.46. The lowest BCUT2D eigenvalue weighted by Gasteiger charge is -2.37. The zero-order chi connectivity index (χ0) is 14.8. The molecule has 1 fully saturated rings. The van der Waals surface area contributed by atoms with E-state index in [9.17, 15) is 8.42 Å². The lowest BCUT2D eigenvalue weighted by Crippen LogP contribution is -2.51. The quantitative estimate of drug-likeness (QED) is 0.848. The van der Waals surface area contributed by atoms with E-state index in [0.717, 1.165) is 12.2 Å². The van der Waals surface area contributed by atoms with Gasteiger partial charge in [-0.25, -0.2) is 17.7 Å². The minimum atomic E-state index is -3.13. The highest BCUT2D eigenvalue weighted by Crippen LogP contribution is 2.21. The van der Waals surface area contributed by atoms with Gasteiger partial charge in [0.05, 0.1) is 11.8 Å². The smallest absolute Gasteiger partial charge is 0.216 e. The Balaban J connectivity index is 1.89. The largest absolute Gasteiger partial charge is 0.348 e. The SMILES string of the molecule is CC1CN(S(=O)(=O)C(C)C)CCC1NCc1ncc[nH]1. The maximum atomic E-state index is 12.2. The van der Waals surface area contributed by atoms with Crippen molar-refractivity contribution in [2.75, 3.05) is 13.1 Å². The number of H-pyrrole nitrogens is 1. The van der Waals surface area contributed by atoms with Crippen LogP contribution in [-0.2, 0) is 16.6 Å². The number of aromatic nitrogens is 2. The fourth-order valence-corrected chi connectivity index (χ4v) is 3.96. The summed E-state index contributed by atoms with van der Waals surface area (Å²) in [6.07, 6.45) is 4.38. The van der Waals surface area contributed by atoms with Gasteiger partial charge < -0.3 is 10.3 Å². The molecule has 0 spiro atoms. The van der Waals surface area contributed by atoms with Gasteiger partial charge in [0.2, 0.25) is 10.0 Å². The van der Waals surface area contributed by atoms with Gasteiger partial charge in [-0.15, -0.1) is 0 Å². The summed E-state index contributed by atoms with van der Waals surface area (Å²) < 4.78 is 26.0. The molecule has 2 N–H and O–H groups in total. The molecule has 0 saturated carbocycles. The van der Waals surface area contributed by atoms with Gasteiger partial charge >= 0.3 is 0 Å². The highest BCUT2D eigenvalue weighted by atomic mass is 32.2. The molecule has 20 heavy (non-hydrogen) atoms. The van der Waals surface area contributed by atoms with Crippen LogP contribution in [0.5, 0.6) is 0 Å². The van der Waals surface area contributed by atoms with Crippen molar-refractivity contribution in [2.24, 2.45) is 5.92 Å². The molecule has 1 saturated heterocycles. The summed E-state index contributed by atoms with van der Waals surface area (Å²) >= 11 is 0. The third-order valence-corrected chi connectivity index (χ3v) is 6.15. The van der Waals surface area contributed by atoms with Crippen LogP contribution in [0.1, 0.15) is 33.0 Å². The van der Waals surface area contributed by atoms with Gasteiger partial charge in [-0.1, -0.05) is 6.92 Å². The van der Waals surface area contributed by atoms with Gasteiger partial charge in [0, 0.05) is 31.5 Å². The first-order valence-corrected chi connectivity index (χ1v) is 8.62. The van der Waals surface area contributed by atoms with Crippen molar-refractivity contribution in [3.05, 3.63) is 18.2 Å². The van der Waals surface area contributed by atoms with E-state index >= 15 is 0 Å². The molecule has 0 aromatic carbocycles. The molecule has 2 atom stereocenters. The number of rotatable bonds is 5. The lowest BCUT2D eigenvalue weighted by molar-refractivity contribution is 0.217. The molecule has 2 heterocycles. The van der Waals surface area contributed by atoms with Crippen molar-refractivity contribution in [3.63, 3.8) is 0 Å². The molecule has 1 aromatic rings. The molecule has 2 unspecified atom stereocenters. The first-order valence-electron chi connectivity index (χ1n) is 7.12. The molecule has 0 bridgehead atoms. The molecule has 6 nitrogen and oxygen atoms in total. The number of nitrogens with zero attached hydrogens (tertiary/aromatic N) is 2. The third-order valence-electron chi connectivity index (χ3n) is 3.91. The van der Waals surface area contributed by atoms with Crippen molar-refractivity contribution in [1.82, 2.24) is 19.6 Å². The highest BCUT2D eigenvalue weighted by Gasteiger charge is 2.33. The van der Waals surface area contributed by atoms with E-state index in [2.05, 4.69) is 22.2 Å². The normalized spacial score (nSPS) is 25.2. The van der Waals surface area contributed by atoms with E-state index in [1.165, 1.54) is 0 Å². The molecular weight excluding hydrogens is 276 g/mol. The second-order valence-electron chi connectivity index (χ2n) is 5.74. The Labute approximate surface area is 121 Å². The molecule has 2 rings (SSSR count). The van der Waals surface area contributed by atoms with Crippen LogP contribution >= 0.6 is 0 Å². The predicted octanol–water partition coefficient (Wildman–Crippen LogP) is 0.948. The number of piperidine rings is 1. The number of hydrogen-bond donors (Lipinski definition) is 2. The number of aromatic amines is 1. The van der Waals surface area contributed by atoms with E-state index in [1.54, 1.807) is 30.5 Å². The monoisotopic (exact) mass is 300 g/mol. The van der Waals surface area contributed by atoms with Gasteiger partial charge in [-0.2, -0.15) is 0 Å². The van der Waals surface area contributed by atoms with Gasteiger partial charge in [0.1, 0.15) is 5.82 Å². The molecule has 0 radical (unpaired) electrons. The molecule has 1 aliphatic rings. The molecular formula is C13H24N4O2S. The van der Waals surface area contributed by atoms with Crippen molar-refractivity contribution in [3.8, 4) is 0 Å². The van der Waals surface area contributed by atoms with Crippen molar-refractivity contribution in [1.29, 1.82) is 0 Å². The van der Waals surface area contributed by atoms with E-state index in [-0.39, 0.29) is 5.25 Å². The second kappa shape index (κ2) is 6.24. The number of imidazole rings is 1. The molecule has 0 aliphatic carbocycles. The number of hydrogen-bond acceptors (Lipinski definition) is 4. The molecule has 1 aromatic heterocycles. The Morgan fingerprint density at radius 2 is 2.30 bits per heavy atom. The van der Waals surface area contributed by atoms with Crippen LogP contribution in [0.3, 0.4) is 0 Å².